The molecule has 0 aliphatic carbocycles. The Labute approximate surface area is 105 Å². The first-order valence-corrected chi connectivity index (χ1v) is 5.47. The molecule has 0 spiro atoms. The summed E-state index contributed by atoms with van der Waals surface area (Å²) in [5.41, 5.74) is 3.23. The van der Waals surface area contributed by atoms with E-state index in [0.717, 1.165) is 0 Å². The van der Waals surface area contributed by atoms with E-state index in [4.69, 9.17) is 23.8 Å². The van der Waals surface area contributed by atoms with Crippen molar-refractivity contribution in [2.75, 3.05) is 0 Å². The van der Waals surface area contributed by atoms with E-state index in [-0.39, 0.29) is 5.54 Å². The van der Waals surface area contributed by atoms with Crippen LogP contribution in [-0.4, -0.2) is 27.1 Å². The maximum Gasteiger partial charge on any atom is 0.187 e. The Hall–Kier alpha value is -1.14. The average Bonchev–Trinajstić information content (AvgIpc) is 2.48. The summed E-state index contributed by atoms with van der Waals surface area (Å²) in [4.78, 5) is 0. The first kappa shape index (κ1) is 12.9. The van der Waals surface area contributed by atoms with E-state index in [0.29, 0.717) is 15.8 Å². The molecule has 0 atom stereocenters. The highest BCUT2D eigenvalue weighted by Gasteiger charge is 2.09. The van der Waals surface area contributed by atoms with E-state index in [1.165, 1.54) is 12.4 Å². The average molecular weight is 260 g/mol. The van der Waals surface area contributed by atoms with Gasteiger partial charge in [-0.2, -0.15) is 10.2 Å². The SMILES string of the molecule is CC(C)(C)NC(=S)N/N=C/c1[nH]ncc1Cl. The fourth-order valence-electron chi connectivity index (χ4n) is 0.896. The number of hydrazone groups is 1. The summed E-state index contributed by atoms with van der Waals surface area (Å²) >= 11 is 10.8. The van der Waals surface area contributed by atoms with Crippen LogP contribution in [0.5, 0.6) is 0 Å². The fraction of sp³-hybridized carbons (Fsp3) is 0.444. The molecule has 88 valence electrons. The van der Waals surface area contributed by atoms with Crippen LogP contribution < -0.4 is 10.7 Å². The van der Waals surface area contributed by atoms with Crippen molar-refractivity contribution < 1.29 is 0 Å². The molecule has 0 fully saturated rings. The Morgan fingerprint density at radius 1 is 1.62 bits per heavy atom. The lowest BCUT2D eigenvalue weighted by Gasteiger charge is -2.21. The number of hydrogen-bond donors (Lipinski definition) is 3. The van der Waals surface area contributed by atoms with Gasteiger partial charge in [0.2, 0.25) is 0 Å². The topological polar surface area (TPSA) is 65.1 Å². The molecule has 0 saturated carbocycles. The van der Waals surface area contributed by atoms with E-state index in [9.17, 15) is 0 Å². The maximum absolute atomic E-state index is 5.80. The predicted molar refractivity (Wildman–Crippen MR) is 69.8 cm³/mol. The first-order chi connectivity index (χ1) is 7.38. The minimum atomic E-state index is -0.0920. The van der Waals surface area contributed by atoms with E-state index in [2.05, 4.69) is 26.0 Å². The summed E-state index contributed by atoms with van der Waals surface area (Å²) in [7, 11) is 0. The molecule has 3 N–H and O–H groups in total. The van der Waals surface area contributed by atoms with Gasteiger partial charge in [-0.05, 0) is 33.0 Å². The number of halogens is 1. The zero-order chi connectivity index (χ0) is 12.2. The molecular weight excluding hydrogens is 246 g/mol. The molecule has 0 aliphatic heterocycles. The van der Waals surface area contributed by atoms with Crippen LogP contribution in [0.3, 0.4) is 0 Å². The van der Waals surface area contributed by atoms with Crippen molar-refractivity contribution >= 4 is 35.1 Å². The standard InChI is InChI=1S/C9H14ClN5S/c1-9(2,3)13-8(16)15-12-5-7-6(10)4-11-14-7/h4-5H,1-3H3,(H,11,14)(H2,13,15,16)/b12-5+. The molecule has 7 heteroatoms. The van der Waals surface area contributed by atoms with Gasteiger partial charge in [-0.1, -0.05) is 11.6 Å². The molecule has 0 bridgehead atoms. The normalized spacial score (nSPS) is 11.8. The zero-order valence-electron chi connectivity index (χ0n) is 9.34. The summed E-state index contributed by atoms with van der Waals surface area (Å²) in [5.74, 6) is 0. The molecule has 5 nitrogen and oxygen atoms in total. The number of nitrogens with one attached hydrogen (secondary N) is 3. The van der Waals surface area contributed by atoms with Crippen molar-refractivity contribution in [1.29, 1.82) is 0 Å². The highest BCUT2D eigenvalue weighted by atomic mass is 35.5. The summed E-state index contributed by atoms with van der Waals surface area (Å²) in [6, 6.07) is 0. The maximum atomic E-state index is 5.80. The highest BCUT2D eigenvalue weighted by Crippen LogP contribution is 2.08. The number of aromatic nitrogens is 2. The molecule has 0 aliphatic rings. The van der Waals surface area contributed by atoms with E-state index in [1.807, 2.05) is 20.8 Å². The van der Waals surface area contributed by atoms with Crippen LogP contribution in [0.25, 0.3) is 0 Å². The molecule has 0 aromatic carbocycles. The van der Waals surface area contributed by atoms with Gasteiger partial charge in [0.15, 0.2) is 5.11 Å². The smallest absolute Gasteiger partial charge is 0.187 e. The molecule has 1 aromatic heterocycles. The van der Waals surface area contributed by atoms with Crippen LogP contribution in [0.2, 0.25) is 5.02 Å². The van der Waals surface area contributed by atoms with Crippen molar-refractivity contribution in [2.24, 2.45) is 5.10 Å². The van der Waals surface area contributed by atoms with Gasteiger partial charge in [-0.3, -0.25) is 10.5 Å². The van der Waals surface area contributed by atoms with Crippen molar-refractivity contribution in [3.8, 4) is 0 Å². The quantitative estimate of drug-likeness (QED) is 0.429. The second-order valence-electron chi connectivity index (χ2n) is 4.21. The molecule has 1 rings (SSSR count). The van der Waals surface area contributed by atoms with Crippen LogP contribution in [0, 0.1) is 0 Å². The summed E-state index contributed by atoms with van der Waals surface area (Å²) in [5, 5.41) is 14.4. The van der Waals surface area contributed by atoms with Crippen LogP contribution in [0.4, 0.5) is 0 Å². The van der Waals surface area contributed by atoms with Crippen LogP contribution in [0.15, 0.2) is 11.3 Å². The van der Waals surface area contributed by atoms with Crippen LogP contribution in [0.1, 0.15) is 26.5 Å². The van der Waals surface area contributed by atoms with Gasteiger partial charge in [0, 0.05) is 5.54 Å². The minimum absolute atomic E-state index is 0.0920. The molecule has 16 heavy (non-hydrogen) atoms. The van der Waals surface area contributed by atoms with Crippen molar-refractivity contribution in [3.63, 3.8) is 0 Å². The van der Waals surface area contributed by atoms with Gasteiger partial charge in [0.25, 0.3) is 0 Å². The Morgan fingerprint density at radius 2 is 2.31 bits per heavy atom. The Kier molecular flexibility index (Phi) is 4.26. The Bertz CT molecular complexity index is 393. The molecule has 1 heterocycles. The van der Waals surface area contributed by atoms with Crippen LogP contribution >= 0.6 is 23.8 Å². The summed E-state index contributed by atoms with van der Waals surface area (Å²) in [6.07, 6.45) is 3.03. The van der Waals surface area contributed by atoms with Gasteiger partial charge in [-0.15, -0.1) is 0 Å². The second-order valence-corrected chi connectivity index (χ2v) is 5.02. The molecular formula is C9H14ClN5S. The summed E-state index contributed by atoms with van der Waals surface area (Å²) < 4.78 is 0. The molecule has 0 saturated heterocycles. The molecule has 0 amide bonds. The number of nitrogens with zero attached hydrogens (tertiary/aromatic N) is 2. The van der Waals surface area contributed by atoms with Gasteiger partial charge < -0.3 is 5.32 Å². The highest BCUT2D eigenvalue weighted by molar-refractivity contribution is 7.80. The van der Waals surface area contributed by atoms with Crippen molar-refractivity contribution in [3.05, 3.63) is 16.9 Å². The van der Waals surface area contributed by atoms with Gasteiger partial charge >= 0.3 is 0 Å². The molecule has 0 radical (unpaired) electrons. The molecule has 0 unspecified atom stereocenters. The minimum Gasteiger partial charge on any atom is -0.357 e. The van der Waals surface area contributed by atoms with Gasteiger partial charge in [-0.25, -0.2) is 0 Å². The third-order valence-corrected chi connectivity index (χ3v) is 1.96. The lowest BCUT2D eigenvalue weighted by molar-refractivity contribution is 0.508. The van der Waals surface area contributed by atoms with E-state index >= 15 is 0 Å². The summed E-state index contributed by atoms with van der Waals surface area (Å²) in [6.45, 7) is 6.03. The first-order valence-electron chi connectivity index (χ1n) is 4.68. The lowest BCUT2D eigenvalue weighted by atomic mass is 10.1. The Morgan fingerprint density at radius 3 is 2.81 bits per heavy atom. The zero-order valence-corrected chi connectivity index (χ0v) is 10.9. The van der Waals surface area contributed by atoms with Gasteiger partial charge in [0.05, 0.1) is 23.1 Å². The number of aromatic amines is 1. The number of rotatable bonds is 2. The van der Waals surface area contributed by atoms with E-state index in [1.54, 1.807) is 0 Å². The largest absolute Gasteiger partial charge is 0.357 e. The van der Waals surface area contributed by atoms with Crippen molar-refractivity contribution in [2.45, 2.75) is 26.3 Å². The third kappa shape index (κ3) is 4.59. The monoisotopic (exact) mass is 259 g/mol. The van der Waals surface area contributed by atoms with Crippen molar-refractivity contribution in [1.82, 2.24) is 20.9 Å². The molecule has 1 aromatic rings. The lowest BCUT2D eigenvalue weighted by Crippen LogP contribution is -2.44. The van der Waals surface area contributed by atoms with Crippen LogP contribution in [-0.2, 0) is 0 Å². The number of thiocarbonyl (C=S) groups is 1. The predicted octanol–water partition coefficient (Wildman–Crippen LogP) is 1.66. The second kappa shape index (κ2) is 5.27. The number of H-pyrrole nitrogens is 1. The fourth-order valence-corrected chi connectivity index (χ4v) is 1.39. The van der Waals surface area contributed by atoms with E-state index < -0.39 is 0 Å². The van der Waals surface area contributed by atoms with Gasteiger partial charge in [0.1, 0.15) is 0 Å². The Balaban J connectivity index is 2.44. The number of hydrogen-bond acceptors (Lipinski definition) is 3. The third-order valence-electron chi connectivity index (χ3n) is 1.47.